The second-order valence-corrected chi connectivity index (χ2v) is 11.7. The van der Waals surface area contributed by atoms with Gasteiger partial charge >= 0.3 is 0 Å². The number of amides is 1. The lowest BCUT2D eigenvalue weighted by molar-refractivity contribution is -0.115. The first-order valence-electron chi connectivity index (χ1n) is 11.8. The summed E-state index contributed by atoms with van der Waals surface area (Å²) in [5.74, 6) is -0.166. The Labute approximate surface area is 208 Å². The number of fused-ring (bicyclic) bond motifs is 3. The first-order chi connectivity index (χ1) is 17.0. The zero-order chi connectivity index (χ0) is 24.4. The molecule has 1 N–H and O–H groups in total. The van der Waals surface area contributed by atoms with Gasteiger partial charge in [-0.15, -0.1) is 10.2 Å². The number of aromatic nitrogens is 3. The Hall–Kier alpha value is -2.95. The second kappa shape index (κ2) is 9.96. The summed E-state index contributed by atoms with van der Waals surface area (Å²) in [6.45, 7) is 3.07. The summed E-state index contributed by atoms with van der Waals surface area (Å²) in [5, 5.41) is 12.9. The maximum atomic E-state index is 13.1. The van der Waals surface area contributed by atoms with E-state index in [4.69, 9.17) is 0 Å². The van der Waals surface area contributed by atoms with Crippen molar-refractivity contribution in [1.82, 2.24) is 18.9 Å². The molecule has 8 nitrogen and oxygen atoms in total. The largest absolute Gasteiger partial charge is 0.325 e. The van der Waals surface area contributed by atoms with E-state index in [1.165, 1.54) is 11.8 Å². The minimum absolute atomic E-state index is 0.166. The van der Waals surface area contributed by atoms with Crippen molar-refractivity contribution >= 4 is 49.9 Å². The molecule has 182 valence electrons. The van der Waals surface area contributed by atoms with Crippen molar-refractivity contribution in [3.05, 3.63) is 60.7 Å². The van der Waals surface area contributed by atoms with Crippen molar-refractivity contribution in [1.29, 1.82) is 0 Å². The number of sulfonamides is 1. The van der Waals surface area contributed by atoms with Gasteiger partial charge in [0.1, 0.15) is 0 Å². The van der Waals surface area contributed by atoms with Crippen molar-refractivity contribution in [2.45, 2.75) is 47.9 Å². The molecule has 0 radical (unpaired) electrons. The minimum Gasteiger partial charge on any atom is -0.325 e. The number of thioether (sulfide) groups is 1. The van der Waals surface area contributed by atoms with Gasteiger partial charge in [0.05, 0.1) is 15.7 Å². The van der Waals surface area contributed by atoms with Crippen LogP contribution in [-0.2, 0) is 14.8 Å². The number of anilines is 1. The van der Waals surface area contributed by atoms with Crippen LogP contribution in [-0.4, -0.2) is 51.6 Å². The molecular weight excluding hydrogens is 482 g/mol. The second-order valence-electron chi connectivity index (χ2n) is 8.56. The fourth-order valence-electron chi connectivity index (χ4n) is 4.33. The molecule has 4 aromatic rings. The van der Waals surface area contributed by atoms with Crippen molar-refractivity contribution in [2.24, 2.45) is 0 Å². The molecule has 1 fully saturated rings. The van der Waals surface area contributed by atoms with E-state index >= 15 is 0 Å². The van der Waals surface area contributed by atoms with Gasteiger partial charge in [-0.25, -0.2) is 8.42 Å². The lowest BCUT2D eigenvalue weighted by atomic mass is 10.2. The summed E-state index contributed by atoms with van der Waals surface area (Å²) in [5.41, 5.74) is 2.27. The predicted molar refractivity (Wildman–Crippen MR) is 138 cm³/mol. The van der Waals surface area contributed by atoms with Crippen LogP contribution in [0, 0.1) is 0 Å². The van der Waals surface area contributed by atoms with Crippen LogP contribution in [0.1, 0.15) is 32.6 Å². The van der Waals surface area contributed by atoms with Crippen LogP contribution in [0.2, 0.25) is 0 Å². The summed E-state index contributed by atoms with van der Waals surface area (Å²) in [6, 6.07) is 18.3. The Balaban J connectivity index is 1.32. The molecule has 0 aliphatic carbocycles. The van der Waals surface area contributed by atoms with E-state index in [9.17, 15) is 13.2 Å². The third-order valence-electron chi connectivity index (χ3n) is 6.23. The van der Waals surface area contributed by atoms with Gasteiger partial charge in [0, 0.05) is 18.8 Å². The number of piperidine rings is 1. The third kappa shape index (κ3) is 4.78. The lowest BCUT2D eigenvalue weighted by Gasteiger charge is -2.25. The van der Waals surface area contributed by atoms with Gasteiger partial charge in [-0.05, 0) is 67.1 Å². The molecule has 1 amide bonds. The van der Waals surface area contributed by atoms with E-state index in [-0.39, 0.29) is 10.8 Å². The molecule has 5 rings (SSSR count). The fraction of sp³-hybridized carbons (Fsp3) is 0.320. The van der Waals surface area contributed by atoms with Gasteiger partial charge in [-0.3, -0.25) is 9.20 Å². The number of nitrogens with zero attached hydrogens (tertiary/aromatic N) is 4. The Morgan fingerprint density at radius 3 is 2.49 bits per heavy atom. The first-order valence-corrected chi connectivity index (χ1v) is 14.1. The number of pyridine rings is 1. The summed E-state index contributed by atoms with van der Waals surface area (Å²) in [6.07, 6.45) is 3.44. The van der Waals surface area contributed by atoms with Gasteiger partial charge in [-0.2, -0.15) is 4.31 Å². The molecule has 3 heterocycles. The molecule has 0 bridgehead atoms. The predicted octanol–water partition coefficient (Wildman–Crippen LogP) is 4.57. The Bertz CT molecular complexity index is 1460. The SMILES string of the molecule is CCC(Sc1nnc2ccc3ccccc3n12)C(=O)Nc1ccc(S(=O)(=O)N2CCCCC2)cc1. The molecule has 35 heavy (non-hydrogen) atoms. The monoisotopic (exact) mass is 509 g/mol. The standard InChI is InChI=1S/C25H27N5O3S2/c1-2-22(34-25-28-27-23-15-10-18-8-4-5-9-21(18)30(23)25)24(31)26-19-11-13-20(14-12-19)35(32,33)29-16-6-3-7-17-29/h4-5,8-15,22H,2-3,6-7,16-17H2,1H3,(H,26,31). The first kappa shape index (κ1) is 23.8. The van der Waals surface area contributed by atoms with Crippen LogP contribution in [0.25, 0.3) is 16.6 Å². The maximum Gasteiger partial charge on any atom is 0.243 e. The van der Waals surface area contributed by atoms with E-state index in [0.717, 1.165) is 35.8 Å². The van der Waals surface area contributed by atoms with Crippen LogP contribution in [0.5, 0.6) is 0 Å². The lowest BCUT2D eigenvalue weighted by Crippen LogP contribution is -2.35. The number of hydrogen-bond donors (Lipinski definition) is 1. The molecule has 2 aromatic carbocycles. The van der Waals surface area contributed by atoms with Crippen molar-refractivity contribution in [3.8, 4) is 0 Å². The molecular formula is C25H27N5O3S2. The molecule has 0 spiro atoms. The van der Waals surface area contributed by atoms with Crippen LogP contribution in [0.4, 0.5) is 5.69 Å². The summed E-state index contributed by atoms with van der Waals surface area (Å²) in [7, 11) is -3.50. The number of rotatable bonds is 7. The van der Waals surface area contributed by atoms with Crippen LogP contribution < -0.4 is 5.32 Å². The van der Waals surface area contributed by atoms with Crippen LogP contribution in [0.15, 0.2) is 70.7 Å². The van der Waals surface area contributed by atoms with Crippen LogP contribution in [0.3, 0.4) is 0 Å². The molecule has 1 aliphatic rings. The Kier molecular flexibility index (Phi) is 6.77. The van der Waals surface area contributed by atoms with Crippen molar-refractivity contribution in [2.75, 3.05) is 18.4 Å². The maximum absolute atomic E-state index is 13.1. The highest BCUT2D eigenvalue weighted by Crippen LogP contribution is 2.29. The molecule has 1 atom stereocenters. The average molecular weight is 510 g/mol. The van der Waals surface area contributed by atoms with Gasteiger partial charge in [-0.1, -0.05) is 43.3 Å². The van der Waals surface area contributed by atoms with E-state index in [2.05, 4.69) is 15.5 Å². The highest BCUT2D eigenvalue weighted by atomic mass is 32.2. The third-order valence-corrected chi connectivity index (χ3v) is 9.45. The number of carbonyl (C=O) groups excluding carboxylic acids is 1. The van der Waals surface area contributed by atoms with Crippen LogP contribution >= 0.6 is 11.8 Å². The van der Waals surface area contributed by atoms with E-state index in [0.29, 0.717) is 30.4 Å². The van der Waals surface area contributed by atoms with E-state index < -0.39 is 15.3 Å². The number of nitrogens with one attached hydrogen (secondary N) is 1. The van der Waals surface area contributed by atoms with Gasteiger partial charge in [0.2, 0.25) is 15.9 Å². The summed E-state index contributed by atoms with van der Waals surface area (Å²) >= 11 is 1.37. The zero-order valence-electron chi connectivity index (χ0n) is 19.4. The van der Waals surface area contributed by atoms with E-state index in [1.807, 2.05) is 47.7 Å². The topological polar surface area (TPSA) is 96.7 Å². The summed E-state index contributed by atoms with van der Waals surface area (Å²) in [4.78, 5) is 13.3. The highest BCUT2D eigenvalue weighted by Gasteiger charge is 2.26. The number of carbonyl (C=O) groups is 1. The zero-order valence-corrected chi connectivity index (χ0v) is 21.1. The quantitative estimate of drug-likeness (QED) is 0.367. The van der Waals surface area contributed by atoms with Crippen molar-refractivity contribution in [3.63, 3.8) is 0 Å². The molecule has 2 aromatic heterocycles. The van der Waals surface area contributed by atoms with Gasteiger partial charge in [0.25, 0.3) is 0 Å². The molecule has 1 saturated heterocycles. The number of benzene rings is 2. The summed E-state index contributed by atoms with van der Waals surface area (Å²) < 4.78 is 29.3. The Morgan fingerprint density at radius 2 is 1.74 bits per heavy atom. The molecule has 1 aliphatic heterocycles. The van der Waals surface area contributed by atoms with Gasteiger partial charge in [0.15, 0.2) is 10.8 Å². The number of para-hydroxylation sites is 1. The molecule has 10 heteroatoms. The molecule has 1 unspecified atom stereocenters. The Morgan fingerprint density at radius 1 is 1.00 bits per heavy atom. The van der Waals surface area contributed by atoms with E-state index in [1.54, 1.807) is 28.6 Å². The normalized spacial score (nSPS) is 15.9. The molecule has 0 saturated carbocycles. The fourth-order valence-corrected chi connectivity index (χ4v) is 6.81. The highest BCUT2D eigenvalue weighted by molar-refractivity contribution is 8.00. The van der Waals surface area contributed by atoms with Crippen molar-refractivity contribution < 1.29 is 13.2 Å². The number of hydrogen-bond acceptors (Lipinski definition) is 6. The van der Waals surface area contributed by atoms with Gasteiger partial charge < -0.3 is 5.32 Å². The average Bonchev–Trinajstić information content (AvgIpc) is 3.31. The minimum atomic E-state index is -3.50. The smallest absolute Gasteiger partial charge is 0.243 e.